The number of H-pyrrole nitrogens is 1. The summed E-state index contributed by atoms with van der Waals surface area (Å²) < 4.78 is 0. The molecule has 1 N–H and O–H groups in total. The van der Waals surface area contributed by atoms with Gasteiger partial charge in [0.05, 0.1) is 5.52 Å². The SMILES string of the molecule is CCc1ccc2n[nH]c(CC)c2c1.[HH]. The fourth-order valence-electron chi connectivity index (χ4n) is 1.60. The Balaban J connectivity index is 0.000000980. The van der Waals surface area contributed by atoms with Crippen molar-refractivity contribution in [3.8, 4) is 0 Å². The van der Waals surface area contributed by atoms with Crippen molar-refractivity contribution < 1.29 is 1.43 Å². The van der Waals surface area contributed by atoms with Crippen LogP contribution in [-0.2, 0) is 12.8 Å². The maximum Gasteiger partial charge on any atom is 0.0923 e. The highest BCUT2D eigenvalue weighted by atomic mass is 15.1. The summed E-state index contributed by atoms with van der Waals surface area (Å²) in [5, 5.41) is 8.58. The first kappa shape index (κ1) is 8.30. The number of aromatic nitrogens is 2. The standard InChI is InChI=1S/C11H14N2.H2/c1-3-8-5-6-11-9(7-8)10(4-2)12-13-11;/h5-7H,3-4H2,1-2H3,(H,12,13);1H. The molecule has 0 radical (unpaired) electrons. The second-order valence-corrected chi connectivity index (χ2v) is 3.26. The fourth-order valence-corrected chi connectivity index (χ4v) is 1.60. The van der Waals surface area contributed by atoms with Gasteiger partial charge in [-0.2, -0.15) is 5.10 Å². The minimum absolute atomic E-state index is 0. The van der Waals surface area contributed by atoms with Crippen LogP contribution in [0.5, 0.6) is 0 Å². The normalized spacial score (nSPS) is 10.9. The van der Waals surface area contributed by atoms with Crippen LogP contribution < -0.4 is 0 Å². The van der Waals surface area contributed by atoms with Crippen LogP contribution in [0.25, 0.3) is 10.9 Å². The third kappa shape index (κ3) is 1.32. The van der Waals surface area contributed by atoms with E-state index in [-0.39, 0.29) is 1.43 Å². The van der Waals surface area contributed by atoms with E-state index in [2.05, 4.69) is 42.2 Å². The zero-order chi connectivity index (χ0) is 9.26. The van der Waals surface area contributed by atoms with Crippen molar-refractivity contribution in [2.24, 2.45) is 0 Å². The molecule has 0 saturated heterocycles. The van der Waals surface area contributed by atoms with Gasteiger partial charge in [0.2, 0.25) is 0 Å². The maximum absolute atomic E-state index is 4.24. The molecule has 2 nitrogen and oxygen atoms in total. The molecule has 0 spiro atoms. The minimum atomic E-state index is 0. The molecular formula is C11H16N2. The number of hydrogen-bond donors (Lipinski definition) is 1. The highest BCUT2D eigenvalue weighted by molar-refractivity contribution is 5.82. The lowest BCUT2D eigenvalue weighted by molar-refractivity contribution is 0.988. The molecule has 0 amide bonds. The van der Waals surface area contributed by atoms with Crippen molar-refractivity contribution in [1.29, 1.82) is 0 Å². The Morgan fingerprint density at radius 1 is 1.31 bits per heavy atom. The predicted molar refractivity (Wildman–Crippen MR) is 57.0 cm³/mol. The number of fused-ring (bicyclic) bond motifs is 1. The van der Waals surface area contributed by atoms with E-state index in [0.29, 0.717) is 0 Å². The van der Waals surface area contributed by atoms with Gasteiger partial charge in [0, 0.05) is 12.5 Å². The van der Waals surface area contributed by atoms with Gasteiger partial charge in [-0.25, -0.2) is 0 Å². The van der Waals surface area contributed by atoms with Crippen LogP contribution >= 0.6 is 0 Å². The van der Waals surface area contributed by atoms with Gasteiger partial charge in [-0.15, -0.1) is 0 Å². The number of aromatic amines is 1. The molecule has 2 aromatic rings. The molecule has 0 bridgehead atoms. The molecule has 0 aliphatic rings. The van der Waals surface area contributed by atoms with Crippen molar-refractivity contribution in [3.05, 3.63) is 29.5 Å². The molecule has 0 atom stereocenters. The van der Waals surface area contributed by atoms with Crippen LogP contribution in [0.15, 0.2) is 18.2 Å². The topological polar surface area (TPSA) is 28.7 Å². The molecule has 0 fully saturated rings. The summed E-state index contributed by atoms with van der Waals surface area (Å²) in [5.74, 6) is 0. The maximum atomic E-state index is 4.24. The molecule has 2 rings (SSSR count). The molecule has 0 saturated carbocycles. The van der Waals surface area contributed by atoms with Crippen molar-refractivity contribution in [2.75, 3.05) is 0 Å². The number of benzene rings is 1. The lowest BCUT2D eigenvalue weighted by atomic mass is 10.1. The van der Waals surface area contributed by atoms with Gasteiger partial charge in [0.15, 0.2) is 0 Å². The van der Waals surface area contributed by atoms with E-state index in [1.165, 1.54) is 16.6 Å². The predicted octanol–water partition coefficient (Wildman–Crippen LogP) is 2.93. The van der Waals surface area contributed by atoms with E-state index < -0.39 is 0 Å². The van der Waals surface area contributed by atoms with E-state index in [1.807, 2.05) is 0 Å². The van der Waals surface area contributed by atoms with Gasteiger partial charge < -0.3 is 0 Å². The van der Waals surface area contributed by atoms with Gasteiger partial charge in [-0.3, -0.25) is 5.10 Å². The molecule has 1 heterocycles. The first-order valence-corrected chi connectivity index (χ1v) is 4.81. The Morgan fingerprint density at radius 3 is 2.85 bits per heavy atom. The van der Waals surface area contributed by atoms with E-state index in [1.54, 1.807) is 0 Å². The van der Waals surface area contributed by atoms with Crippen molar-refractivity contribution >= 4 is 10.9 Å². The average Bonchev–Trinajstić information content (AvgIpc) is 2.59. The van der Waals surface area contributed by atoms with Gasteiger partial charge in [0.1, 0.15) is 0 Å². The number of aryl methyl sites for hydroxylation is 2. The first-order valence-electron chi connectivity index (χ1n) is 4.81. The summed E-state index contributed by atoms with van der Waals surface area (Å²) in [6.07, 6.45) is 2.11. The van der Waals surface area contributed by atoms with Crippen molar-refractivity contribution in [2.45, 2.75) is 26.7 Å². The lowest BCUT2D eigenvalue weighted by Gasteiger charge is -1.96. The summed E-state index contributed by atoms with van der Waals surface area (Å²) in [6, 6.07) is 6.46. The Kier molecular flexibility index (Phi) is 2.05. The number of rotatable bonds is 2. The smallest absolute Gasteiger partial charge is 0.0923 e. The second-order valence-electron chi connectivity index (χ2n) is 3.26. The monoisotopic (exact) mass is 176 g/mol. The second kappa shape index (κ2) is 3.21. The number of hydrogen-bond acceptors (Lipinski definition) is 1. The van der Waals surface area contributed by atoms with Crippen LogP contribution in [0, 0.1) is 0 Å². The molecule has 0 aliphatic heterocycles. The lowest BCUT2D eigenvalue weighted by Crippen LogP contribution is -1.82. The average molecular weight is 176 g/mol. The Labute approximate surface area is 79.5 Å². The van der Waals surface area contributed by atoms with Crippen LogP contribution in [0.2, 0.25) is 0 Å². The van der Waals surface area contributed by atoms with Gasteiger partial charge in [-0.05, 0) is 30.5 Å². The summed E-state index contributed by atoms with van der Waals surface area (Å²) in [5.41, 5.74) is 3.70. The number of nitrogens with zero attached hydrogens (tertiary/aromatic N) is 1. The summed E-state index contributed by atoms with van der Waals surface area (Å²) in [4.78, 5) is 0. The summed E-state index contributed by atoms with van der Waals surface area (Å²) >= 11 is 0. The minimum Gasteiger partial charge on any atom is -0.281 e. The molecule has 0 unspecified atom stereocenters. The van der Waals surface area contributed by atoms with Gasteiger partial charge in [0.25, 0.3) is 0 Å². The summed E-state index contributed by atoms with van der Waals surface area (Å²) in [7, 11) is 0. The third-order valence-electron chi connectivity index (χ3n) is 2.46. The molecule has 2 heteroatoms. The molecule has 70 valence electrons. The largest absolute Gasteiger partial charge is 0.281 e. The van der Waals surface area contributed by atoms with Crippen molar-refractivity contribution in [1.82, 2.24) is 10.2 Å². The highest BCUT2D eigenvalue weighted by Gasteiger charge is 2.02. The highest BCUT2D eigenvalue weighted by Crippen LogP contribution is 2.18. The molecule has 1 aromatic carbocycles. The van der Waals surface area contributed by atoms with E-state index in [0.717, 1.165) is 18.4 Å². The van der Waals surface area contributed by atoms with Crippen molar-refractivity contribution in [3.63, 3.8) is 0 Å². The molecule has 1 aromatic heterocycles. The van der Waals surface area contributed by atoms with Crippen LogP contribution in [0.4, 0.5) is 0 Å². The molecular weight excluding hydrogens is 160 g/mol. The van der Waals surface area contributed by atoms with E-state index >= 15 is 0 Å². The quantitative estimate of drug-likeness (QED) is 0.748. The van der Waals surface area contributed by atoms with Gasteiger partial charge >= 0.3 is 0 Å². The van der Waals surface area contributed by atoms with E-state index in [4.69, 9.17) is 0 Å². The van der Waals surface area contributed by atoms with Crippen LogP contribution in [-0.4, -0.2) is 10.2 Å². The fraction of sp³-hybridized carbons (Fsp3) is 0.364. The van der Waals surface area contributed by atoms with E-state index in [9.17, 15) is 0 Å². The zero-order valence-corrected chi connectivity index (χ0v) is 8.09. The zero-order valence-electron chi connectivity index (χ0n) is 8.09. The Morgan fingerprint density at radius 2 is 2.15 bits per heavy atom. The van der Waals surface area contributed by atoms with Crippen LogP contribution in [0.3, 0.4) is 0 Å². The van der Waals surface area contributed by atoms with Crippen LogP contribution in [0.1, 0.15) is 26.5 Å². The molecule has 13 heavy (non-hydrogen) atoms. The molecule has 0 aliphatic carbocycles. The summed E-state index contributed by atoms with van der Waals surface area (Å²) in [6.45, 7) is 4.32. The Hall–Kier alpha value is -1.31. The first-order chi connectivity index (χ1) is 6.35. The van der Waals surface area contributed by atoms with Gasteiger partial charge in [-0.1, -0.05) is 19.9 Å². The Bertz CT molecular complexity index is 420. The third-order valence-corrected chi connectivity index (χ3v) is 2.46. The number of nitrogens with one attached hydrogen (secondary N) is 1.